The maximum absolute atomic E-state index is 5.83. The normalized spacial score (nSPS) is 11.0. The summed E-state index contributed by atoms with van der Waals surface area (Å²) in [7, 11) is 1.65. The largest absolute Gasteiger partial charge is 0.493 e. The fraction of sp³-hybridized carbons (Fsp3) is 0.375. The Morgan fingerprint density at radius 1 is 1.43 bits per heavy atom. The summed E-state index contributed by atoms with van der Waals surface area (Å²) >= 11 is 3.78. The van der Waals surface area contributed by atoms with Gasteiger partial charge in [0.2, 0.25) is 5.13 Å². The molecule has 0 aliphatic heterocycles. The van der Waals surface area contributed by atoms with E-state index in [2.05, 4.69) is 45.0 Å². The summed E-state index contributed by atoms with van der Waals surface area (Å²) in [6, 6.07) is 3.93. The van der Waals surface area contributed by atoms with Gasteiger partial charge in [0.25, 0.3) is 0 Å². The number of benzene rings is 1. The van der Waals surface area contributed by atoms with E-state index in [4.69, 9.17) is 9.47 Å². The first-order chi connectivity index (χ1) is 11.1. The third kappa shape index (κ3) is 5.35. The number of ether oxygens (including phenoxy) is 2. The lowest BCUT2D eigenvalue weighted by atomic mass is 10.2. The molecule has 0 saturated heterocycles. The van der Waals surface area contributed by atoms with Crippen LogP contribution in [0.1, 0.15) is 31.0 Å². The molecule has 1 heterocycles. The van der Waals surface area contributed by atoms with Crippen molar-refractivity contribution in [3.8, 4) is 11.5 Å². The second-order valence-corrected chi connectivity index (χ2v) is 6.92. The van der Waals surface area contributed by atoms with Crippen LogP contribution in [0.15, 0.2) is 22.6 Å². The smallest absolute Gasteiger partial charge is 0.203 e. The number of thiazole rings is 1. The Morgan fingerprint density at radius 3 is 2.91 bits per heavy atom. The average molecular weight is 445 g/mol. The summed E-state index contributed by atoms with van der Waals surface area (Å²) < 4.78 is 12.3. The molecule has 0 amide bonds. The maximum Gasteiger partial charge on any atom is 0.203 e. The fourth-order valence-corrected chi connectivity index (χ4v) is 3.26. The Labute approximate surface area is 154 Å². The molecule has 0 spiro atoms. The van der Waals surface area contributed by atoms with Crippen molar-refractivity contribution in [1.29, 1.82) is 0 Å². The lowest BCUT2D eigenvalue weighted by Gasteiger charge is -2.13. The summed E-state index contributed by atoms with van der Waals surface area (Å²) in [6.45, 7) is 4.79. The molecule has 2 aromatic rings. The molecule has 124 valence electrons. The van der Waals surface area contributed by atoms with Crippen molar-refractivity contribution >= 4 is 45.3 Å². The number of hydrogen-bond acceptors (Lipinski definition) is 6. The van der Waals surface area contributed by atoms with Crippen LogP contribution >= 0.6 is 33.9 Å². The number of aromatic nitrogens is 1. The van der Waals surface area contributed by atoms with Gasteiger partial charge in [-0.3, -0.25) is 5.43 Å². The van der Waals surface area contributed by atoms with E-state index < -0.39 is 0 Å². The minimum atomic E-state index is 0.696. The van der Waals surface area contributed by atoms with E-state index in [0.29, 0.717) is 6.61 Å². The summed E-state index contributed by atoms with van der Waals surface area (Å²) in [5.41, 5.74) is 4.85. The molecule has 23 heavy (non-hydrogen) atoms. The molecule has 0 radical (unpaired) electrons. The molecule has 2 rings (SSSR count). The van der Waals surface area contributed by atoms with Crippen LogP contribution < -0.4 is 14.9 Å². The van der Waals surface area contributed by atoms with Crippen LogP contribution in [0.2, 0.25) is 0 Å². The first-order valence-electron chi connectivity index (χ1n) is 7.35. The highest BCUT2D eigenvalue weighted by Gasteiger charge is 2.11. The van der Waals surface area contributed by atoms with E-state index in [1.807, 2.05) is 24.4 Å². The Hall–Kier alpha value is -1.35. The molecular formula is C16H20IN3O2S. The van der Waals surface area contributed by atoms with Gasteiger partial charge in [0.15, 0.2) is 11.5 Å². The first-order valence-corrected chi connectivity index (χ1v) is 9.31. The topological polar surface area (TPSA) is 55.7 Å². The second-order valence-electron chi connectivity index (χ2n) is 4.90. The van der Waals surface area contributed by atoms with Gasteiger partial charge in [0.1, 0.15) is 0 Å². The predicted octanol–water partition coefficient (Wildman–Crippen LogP) is 4.69. The van der Waals surface area contributed by atoms with Crippen molar-refractivity contribution in [1.82, 2.24) is 4.98 Å². The van der Waals surface area contributed by atoms with Gasteiger partial charge in [-0.15, -0.1) is 11.3 Å². The van der Waals surface area contributed by atoms with Gasteiger partial charge >= 0.3 is 0 Å². The van der Waals surface area contributed by atoms with Gasteiger partial charge in [-0.25, -0.2) is 4.98 Å². The summed E-state index contributed by atoms with van der Waals surface area (Å²) in [5, 5.41) is 6.98. The molecule has 0 fully saturated rings. The summed E-state index contributed by atoms with van der Waals surface area (Å²) in [5.74, 6) is 1.52. The number of nitrogens with one attached hydrogen (secondary N) is 1. The van der Waals surface area contributed by atoms with E-state index in [-0.39, 0.29) is 0 Å². The molecule has 5 nitrogen and oxygen atoms in total. The van der Waals surface area contributed by atoms with Gasteiger partial charge < -0.3 is 9.47 Å². The van der Waals surface area contributed by atoms with Crippen molar-refractivity contribution in [2.45, 2.75) is 26.7 Å². The molecule has 1 N–H and O–H groups in total. The third-order valence-electron chi connectivity index (χ3n) is 2.99. The van der Waals surface area contributed by atoms with E-state index in [1.165, 1.54) is 11.3 Å². The number of aryl methyl sites for hydroxylation is 1. The summed E-state index contributed by atoms with van der Waals surface area (Å²) in [6.07, 6.45) is 3.88. The van der Waals surface area contributed by atoms with Crippen LogP contribution in [0.3, 0.4) is 0 Å². The zero-order chi connectivity index (χ0) is 16.7. The van der Waals surface area contributed by atoms with E-state index in [9.17, 15) is 0 Å². The monoisotopic (exact) mass is 445 g/mol. The van der Waals surface area contributed by atoms with Crippen LogP contribution in [0.25, 0.3) is 0 Å². The molecule has 0 aliphatic rings. The lowest BCUT2D eigenvalue weighted by Crippen LogP contribution is -2.02. The van der Waals surface area contributed by atoms with Gasteiger partial charge in [-0.1, -0.05) is 13.3 Å². The van der Waals surface area contributed by atoms with E-state index in [1.54, 1.807) is 13.3 Å². The molecular weight excluding hydrogens is 425 g/mol. The van der Waals surface area contributed by atoms with Gasteiger partial charge in [0, 0.05) is 5.38 Å². The molecule has 0 saturated carbocycles. The first kappa shape index (κ1) is 18.0. The highest BCUT2D eigenvalue weighted by molar-refractivity contribution is 14.1. The quantitative estimate of drug-likeness (QED) is 0.277. The van der Waals surface area contributed by atoms with Crippen molar-refractivity contribution in [2.24, 2.45) is 5.10 Å². The van der Waals surface area contributed by atoms with E-state index in [0.717, 1.165) is 44.3 Å². The molecule has 0 atom stereocenters. The predicted molar refractivity (Wildman–Crippen MR) is 104 cm³/mol. The van der Waals surface area contributed by atoms with Crippen LogP contribution in [0, 0.1) is 10.5 Å². The fourth-order valence-electron chi connectivity index (χ4n) is 1.84. The number of hydrazone groups is 1. The van der Waals surface area contributed by atoms with Gasteiger partial charge in [0.05, 0.1) is 29.2 Å². The Bertz CT molecular complexity index is 673. The van der Waals surface area contributed by atoms with Crippen LogP contribution in [-0.2, 0) is 0 Å². The standard InChI is InChI=1S/C16H20IN3O2S/c1-4-5-6-22-15-13(17)7-12(8-14(15)21-3)9-18-20-16-19-11(2)10-23-16/h7-10H,4-6H2,1-3H3,(H,19,20). The van der Waals surface area contributed by atoms with Crippen LogP contribution in [0.5, 0.6) is 11.5 Å². The number of anilines is 1. The minimum absolute atomic E-state index is 0.696. The number of rotatable bonds is 8. The van der Waals surface area contributed by atoms with Crippen molar-refractivity contribution in [3.05, 3.63) is 32.3 Å². The molecule has 0 bridgehead atoms. The molecule has 0 unspecified atom stereocenters. The molecule has 1 aromatic heterocycles. The van der Waals surface area contributed by atoms with Gasteiger partial charge in [-0.05, 0) is 53.6 Å². The number of unbranched alkanes of at least 4 members (excludes halogenated alkanes) is 1. The number of methoxy groups -OCH3 is 1. The zero-order valence-corrected chi connectivity index (χ0v) is 16.4. The number of hydrogen-bond donors (Lipinski definition) is 1. The highest BCUT2D eigenvalue weighted by Crippen LogP contribution is 2.33. The Morgan fingerprint density at radius 2 is 2.26 bits per heavy atom. The van der Waals surface area contributed by atoms with Gasteiger partial charge in [-0.2, -0.15) is 5.10 Å². The maximum atomic E-state index is 5.83. The molecule has 0 aliphatic carbocycles. The van der Waals surface area contributed by atoms with Crippen molar-refractivity contribution in [3.63, 3.8) is 0 Å². The number of halogens is 1. The van der Waals surface area contributed by atoms with Crippen molar-refractivity contribution < 1.29 is 9.47 Å². The van der Waals surface area contributed by atoms with E-state index >= 15 is 0 Å². The Balaban J connectivity index is 2.08. The zero-order valence-electron chi connectivity index (χ0n) is 13.4. The Kier molecular flexibility index (Phi) is 7.10. The second kappa shape index (κ2) is 9.07. The summed E-state index contributed by atoms with van der Waals surface area (Å²) in [4.78, 5) is 4.30. The number of nitrogens with zero attached hydrogens (tertiary/aromatic N) is 2. The van der Waals surface area contributed by atoms with Crippen LogP contribution in [-0.4, -0.2) is 24.9 Å². The molecule has 1 aromatic carbocycles. The third-order valence-corrected chi connectivity index (χ3v) is 4.65. The SMILES string of the molecule is CCCCOc1c(I)cc(C=NNc2nc(C)cs2)cc1OC. The van der Waals surface area contributed by atoms with Crippen molar-refractivity contribution in [2.75, 3.05) is 19.1 Å². The minimum Gasteiger partial charge on any atom is -0.493 e. The molecule has 7 heteroatoms. The lowest BCUT2D eigenvalue weighted by molar-refractivity contribution is 0.286. The highest BCUT2D eigenvalue weighted by atomic mass is 127. The average Bonchev–Trinajstić information content (AvgIpc) is 2.94. The van der Waals surface area contributed by atoms with Crippen LogP contribution in [0.4, 0.5) is 5.13 Å².